The van der Waals surface area contributed by atoms with E-state index in [1.165, 1.54) is 6.54 Å². The van der Waals surface area contributed by atoms with Gasteiger partial charge in [-0.05, 0) is 19.9 Å². The molecule has 1 aliphatic rings. The van der Waals surface area contributed by atoms with Crippen LogP contribution < -0.4 is 0 Å². The van der Waals surface area contributed by atoms with Gasteiger partial charge in [0.05, 0.1) is 12.7 Å². The average Bonchev–Trinajstić information content (AvgIpc) is 1.93. The largest absolute Gasteiger partial charge is 0.377 e. The van der Waals surface area contributed by atoms with E-state index in [-0.39, 0.29) is 0 Å². The Labute approximate surface area is 63.2 Å². The molecule has 0 aromatic rings. The van der Waals surface area contributed by atoms with Crippen LogP contribution in [-0.4, -0.2) is 37.7 Å². The summed E-state index contributed by atoms with van der Waals surface area (Å²) in [5.41, 5.74) is 0. The highest BCUT2D eigenvalue weighted by atomic mass is 16.5. The standard InChI is InChI=1S/C8H17NO/c1-7-4-9(3)5-8(2)10-6-7/h7-8H,4-6H2,1-3H3/t7-,8+/m1/s1. The van der Waals surface area contributed by atoms with Gasteiger partial charge in [0, 0.05) is 13.1 Å². The fourth-order valence-corrected chi connectivity index (χ4v) is 1.48. The lowest BCUT2D eigenvalue weighted by atomic mass is 10.2. The Kier molecular flexibility index (Phi) is 2.69. The maximum atomic E-state index is 5.54. The molecule has 0 bridgehead atoms. The van der Waals surface area contributed by atoms with Gasteiger partial charge in [0.25, 0.3) is 0 Å². The van der Waals surface area contributed by atoms with Crippen LogP contribution in [0.3, 0.4) is 0 Å². The SMILES string of the molecule is C[C@H]1CO[C@@H](C)CN(C)C1. The summed E-state index contributed by atoms with van der Waals surface area (Å²) in [5.74, 6) is 0.690. The molecule has 0 aliphatic carbocycles. The third kappa shape index (κ3) is 2.27. The zero-order valence-electron chi connectivity index (χ0n) is 7.13. The molecule has 1 fully saturated rings. The number of rotatable bonds is 0. The molecule has 0 aromatic heterocycles. The van der Waals surface area contributed by atoms with Crippen molar-refractivity contribution in [3.8, 4) is 0 Å². The first-order chi connectivity index (χ1) is 4.68. The summed E-state index contributed by atoms with van der Waals surface area (Å²) in [6.07, 6.45) is 0.412. The van der Waals surface area contributed by atoms with Crippen LogP contribution in [0.1, 0.15) is 13.8 Å². The van der Waals surface area contributed by atoms with Crippen molar-refractivity contribution in [1.29, 1.82) is 0 Å². The highest BCUT2D eigenvalue weighted by Gasteiger charge is 2.15. The minimum atomic E-state index is 0.412. The molecule has 0 spiro atoms. The van der Waals surface area contributed by atoms with Crippen LogP contribution in [0.2, 0.25) is 0 Å². The van der Waals surface area contributed by atoms with Gasteiger partial charge in [-0.1, -0.05) is 6.92 Å². The summed E-state index contributed by atoms with van der Waals surface area (Å²) in [4.78, 5) is 2.34. The van der Waals surface area contributed by atoms with E-state index in [1.54, 1.807) is 0 Å². The molecule has 1 heterocycles. The topological polar surface area (TPSA) is 12.5 Å². The Morgan fingerprint density at radius 3 is 2.70 bits per heavy atom. The predicted octanol–water partition coefficient (Wildman–Crippen LogP) is 0.973. The summed E-state index contributed by atoms with van der Waals surface area (Å²) in [7, 11) is 2.15. The Bertz CT molecular complexity index is 93.4. The van der Waals surface area contributed by atoms with Crippen LogP contribution in [0, 0.1) is 5.92 Å². The quantitative estimate of drug-likeness (QED) is 0.501. The van der Waals surface area contributed by atoms with Crippen molar-refractivity contribution in [2.24, 2.45) is 5.92 Å². The molecule has 1 aliphatic heterocycles. The van der Waals surface area contributed by atoms with Crippen LogP contribution in [-0.2, 0) is 4.74 Å². The van der Waals surface area contributed by atoms with E-state index < -0.39 is 0 Å². The molecule has 2 nitrogen and oxygen atoms in total. The van der Waals surface area contributed by atoms with E-state index in [1.807, 2.05) is 0 Å². The third-order valence-corrected chi connectivity index (χ3v) is 1.86. The number of ether oxygens (including phenoxy) is 1. The fourth-order valence-electron chi connectivity index (χ4n) is 1.48. The van der Waals surface area contributed by atoms with E-state index >= 15 is 0 Å². The lowest BCUT2D eigenvalue weighted by Gasteiger charge is -2.16. The monoisotopic (exact) mass is 143 g/mol. The normalized spacial score (nSPS) is 37.5. The molecule has 10 heavy (non-hydrogen) atoms. The summed E-state index contributed by atoms with van der Waals surface area (Å²) >= 11 is 0. The zero-order chi connectivity index (χ0) is 7.56. The number of nitrogens with zero attached hydrogens (tertiary/aromatic N) is 1. The second-order valence-corrected chi connectivity index (χ2v) is 3.47. The van der Waals surface area contributed by atoms with Crippen LogP contribution in [0.4, 0.5) is 0 Å². The highest BCUT2D eigenvalue weighted by Crippen LogP contribution is 2.07. The molecule has 0 N–H and O–H groups in total. The van der Waals surface area contributed by atoms with Crippen LogP contribution >= 0.6 is 0 Å². The zero-order valence-corrected chi connectivity index (χ0v) is 7.13. The Hall–Kier alpha value is -0.0800. The van der Waals surface area contributed by atoms with Crippen molar-refractivity contribution in [3.05, 3.63) is 0 Å². The third-order valence-electron chi connectivity index (χ3n) is 1.86. The number of hydrogen-bond donors (Lipinski definition) is 0. The Balaban J connectivity index is 2.38. The summed E-state index contributed by atoms with van der Waals surface area (Å²) in [6.45, 7) is 7.53. The molecule has 0 unspecified atom stereocenters. The second-order valence-electron chi connectivity index (χ2n) is 3.47. The van der Waals surface area contributed by atoms with Crippen molar-refractivity contribution >= 4 is 0 Å². The van der Waals surface area contributed by atoms with Gasteiger partial charge in [-0.15, -0.1) is 0 Å². The molecule has 2 atom stereocenters. The van der Waals surface area contributed by atoms with Gasteiger partial charge in [0.2, 0.25) is 0 Å². The maximum Gasteiger partial charge on any atom is 0.0673 e. The summed E-state index contributed by atoms with van der Waals surface area (Å²) in [6, 6.07) is 0. The molecule has 0 aromatic carbocycles. The fraction of sp³-hybridized carbons (Fsp3) is 1.00. The van der Waals surface area contributed by atoms with Gasteiger partial charge in [0.1, 0.15) is 0 Å². The smallest absolute Gasteiger partial charge is 0.0673 e. The molecular weight excluding hydrogens is 126 g/mol. The van der Waals surface area contributed by atoms with Gasteiger partial charge < -0.3 is 9.64 Å². The van der Waals surface area contributed by atoms with Gasteiger partial charge in [-0.25, -0.2) is 0 Å². The first-order valence-corrected chi connectivity index (χ1v) is 3.98. The second kappa shape index (κ2) is 3.35. The van der Waals surface area contributed by atoms with Gasteiger partial charge >= 0.3 is 0 Å². The molecule has 0 amide bonds. The van der Waals surface area contributed by atoms with E-state index in [0.717, 1.165) is 13.2 Å². The minimum absolute atomic E-state index is 0.412. The molecule has 1 rings (SSSR count). The van der Waals surface area contributed by atoms with E-state index in [9.17, 15) is 0 Å². The predicted molar refractivity (Wildman–Crippen MR) is 42.1 cm³/mol. The van der Waals surface area contributed by atoms with Gasteiger partial charge in [-0.2, -0.15) is 0 Å². The molecular formula is C8H17NO. The van der Waals surface area contributed by atoms with E-state index in [0.29, 0.717) is 12.0 Å². The molecule has 60 valence electrons. The Morgan fingerprint density at radius 1 is 1.30 bits per heavy atom. The van der Waals surface area contributed by atoms with Crippen molar-refractivity contribution in [1.82, 2.24) is 4.90 Å². The van der Waals surface area contributed by atoms with E-state index in [4.69, 9.17) is 4.74 Å². The number of hydrogen-bond acceptors (Lipinski definition) is 2. The van der Waals surface area contributed by atoms with Crippen LogP contribution in [0.15, 0.2) is 0 Å². The lowest BCUT2D eigenvalue weighted by Crippen LogP contribution is -2.27. The summed E-state index contributed by atoms with van der Waals surface area (Å²) in [5, 5.41) is 0. The van der Waals surface area contributed by atoms with Crippen molar-refractivity contribution < 1.29 is 4.74 Å². The van der Waals surface area contributed by atoms with E-state index in [2.05, 4.69) is 25.8 Å². The molecule has 1 saturated heterocycles. The minimum Gasteiger partial charge on any atom is -0.377 e. The highest BCUT2D eigenvalue weighted by molar-refractivity contribution is 4.66. The van der Waals surface area contributed by atoms with Crippen molar-refractivity contribution in [2.75, 3.05) is 26.7 Å². The molecule has 2 heteroatoms. The van der Waals surface area contributed by atoms with Gasteiger partial charge in [-0.3, -0.25) is 0 Å². The Morgan fingerprint density at radius 2 is 2.00 bits per heavy atom. The maximum absolute atomic E-state index is 5.54. The number of likely N-dealkylation sites (N-methyl/N-ethyl adjacent to an activating group) is 1. The first kappa shape index (κ1) is 8.02. The van der Waals surface area contributed by atoms with Crippen LogP contribution in [0.5, 0.6) is 0 Å². The molecule has 0 saturated carbocycles. The summed E-state index contributed by atoms with van der Waals surface area (Å²) < 4.78 is 5.54. The van der Waals surface area contributed by atoms with Crippen LogP contribution in [0.25, 0.3) is 0 Å². The van der Waals surface area contributed by atoms with Gasteiger partial charge in [0.15, 0.2) is 0 Å². The average molecular weight is 143 g/mol. The molecule has 0 radical (unpaired) electrons. The van der Waals surface area contributed by atoms with Crippen molar-refractivity contribution in [3.63, 3.8) is 0 Å². The van der Waals surface area contributed by atoms with Crippen molar-refractivity contribution in [2.45, 2.75) is 20.0 Å². The first-order valence-electron chi connectivity index (χ1n) is 3.98. The lowest BCUT2D eigenvalue weighted by molar-refractivity contribution is 0.0592.